The van der Waals surface area contributed by atoms with Gasteiger partial charge in [0.1, 0.15) is 11.5 Å². The zero-order valence-electron chi connectivity index (χ0n) is 20.3. The number of aromatic carboxylic acids is 1. The van der Waals surface area contributed by atoms with Gasteiger partial charge in [0.05, 0.1) is 24.2 Å². The molecule has 15 nitrogen and oxygen atoms in total. The zero-order valence-corrected chi connectivity index (χ0v) is 20.3. The summed E-state index contributed by atoms with van der Waals surface area (Å²) >= 11 is 0. The van der Waals surface area contributed by atoms with E-state index >= 15 is 0 Å². The first kappa shape index (κ1) is 25.4. The fraction of sp³-hybridized carbons (Fsp3) is 0.364. The van der Waals surface area contributed by atoms with Gasteiger partial charge in [-0.05, 0) is 43.6 Å². The van der Waals surface area contributed by atoms with Gasteiger partial charge in [-0.1, -0.05) is 0 Å². The van der Waals surface area contributed by atoms with Gasteiger partial charge < -0.3 is 25.1 Å². The van der Waals surface area contributed by atoms with E-state index in [1.165, 1.54) is 34.9 Å². The number of amides is 2. The van der Waals surface area contributed by atoms with Crippen LogP contribution < -0.4 is 15.8 Å². The summed E-state index contributed by atoms with van der Waals surface area (Å²) in [6, 6.07) is 2.66. The number of piperazine rings is 1. The Morgan fingerprint density at radius 1 is 1.19 bits per heavy atom. The molecule has 0 spiro atoms. The lowest BCUT2D eigenvalue weighted by molar-refractivity contribution is -0.133. The third-order valence-electron chi connectivity index (χ3n) is 5.68. The number of pyridine rings is 1. The molecule has 3 aromatic heterocycles. The van der Waals surface area contributed by atoms with Crippen LogP contribution >= 0.6 is 0 Å². The van der Waals surface area contributed by atoms with Gasteiger partial charge in [-0.15, -0.1) is 10.2 Å². The van der Waals surface area contributed by atoms with E-state index in [4.69, 9.17) is 0 Å². The molecule has 15 heteroatoms. The molecule has 1 fully saturated rings. The Morgan fingerprint density at radius 2 is 1.95 bits per heavy atom. The van der Waals surface area contributed by atoms with Crippen LogP contribution in [0.2, 0.25) is 0 Å². The molecule has 0 radical (unpaired) electrons. The number of tetrazole rings is 1. The van der Waals surface area contributed by atoms with Crippen molar-refractivity contribution in [2.45, 2.75) is 0 Å². The Hall–Kier alpha value is -4.66. The van der Waals surface area contributed by atoms with E-state index in [0.29, 0.717) is 32.0 Å². The molecule has 3 aromatic rings. The van der Waals surface area contributed by atoms with E-state index in [-0.39, 0.29) is 47.5 Å². The molecule has 0 unspecified atom stereocenters. The molecule has 4 rings (SSSR count). The summed E-state index contributed by atoms with van der Waals surface area (Å²) in [4.78, 5) is 59.0. The van der Waals surface area contributed by atoms with Crippen molar-refractivity contribution in [2.24, 2.45) is 0 Å². The van der Waals surface area contributed by atoms with Gasteiger partial charge in [-0.2, -0.15) is 5.21 Å². The minimum atomic E-state index is -1.14. The van der Waals surface area contributed by atoms with Gasteiger partial charge in [0.15, 0.2) is 5.82 Å². The summed E-state index contributed by atoms with van der Waals surface area (Å²) in [5, 5.41) is 25.5. The normalized spacial score (nSPS) is 14.0. The Morgan fingerprint density at radius 3 is 2.59 bits per heavy atom. The number of nitrogens with zero attached hydrogens (tertiary/aromatic N) is 8. The van der Waals surface area contributed by atoms with Gasteiger partial charge in [-0.3, -0.25) is 18.8 Å². The third-order valence-corrected chi connectivity index (χ3v) is 5.68. The van der Waals surface area contributed by atoms with E-state index in [2.05, 4.69) is 30.9 Å². The van der Waals surface area contributed by atoms with Gasteiger partial charge in [0.2, 0.25) is 11.8 Å². The molecule has 3 N–H and O–H groups in total. The number of fused-ring (bicyclic) bond motifs is 1. The van der Waals surface area contributed by atoms with E-state index in [0.717, 1.165) is 0 Å². The Bertz CT molecular complexity index is 1390. The Kier molecular flexibility index (Phi) is 7.52. The predicted octanol–water partition coefficient (Wildman–Crippen LogP) is -1.60. The largest absolute Gasteiger partial charge is 0.478 e. The number of hydrogen-bond acceptors (Lipinski definition) is 10. The SMILES string of the molecule is CN(C)CC(=O)NCC(=O)N1CCN(c2nc3cc(C(=O)O)ccn3c(=O)c2C=Cc2nn[nH]n2)CC1. The van der Waals surface area contributed by atoms with Crippen molar-refractivity contribution in [3.63, 3.8) is 0 Å². The minimum absolute atomic E-state index is 0.000306. The lowest BCUT2D eigenvalue weighted by Crippen LogP contribution is -2.52. The summed E-state index contributed by atoms with van der Waals surface area (Å²) < 4.78 is 1.27. The maximum Gasteiger partial charge on any atom is 0.335 e. The summed E-state index contributed by atoms with van der Waals surface area (Å²) in [7, 11) is 3.53. The van der Waals surface area contributed by atoms with E-state index in [1.54, 1.807) is 23.9 Å². The summed E-state index contributed by atoms with van der Waals surface area (Å²) in [5.41, 5.74) is 0.0262. The van der Waals surface area contributed by atoms with Crippen molar-refractivity contribution < 1.29 is 19.5 Å². The number of carboxylic acid groups (broad SMARTS) is 1. The van der Waals surface area contributed by atoms with Crippen LogP contribution in [0.4, 0.5) is 5.82 Å². The number of hydrogen-bond donors (Lipinski definition) is 3. The molecule has 4 heterocycles. The van der Waals surface area contributed by atoms with Crippen LogP contribution in [0.15, 0.2) is 23.1 Å². The molecule has 0 saturated carbocycles. The van der Waals surface area contributed by atoms with Crippen LogP contribution in [0, 0.1) is 0 Å². The number of aromatic nitrogens is 6. The highest BCUT2D eigenvalue weighted by molar-refractivity contribution is 5.89. The second-order valence-electron chi connectivity index (χ2n) is 8.59. The number of carbonyl (C=O) groups is 3. The molecular formula is C22H26N10O5. The van der Waals surface area contributed by atoms with E-state index < -0.39 is 11.5 Å². The van der Waals surface area contributed by atoms with Gasteiger partial charge in [0.25, 0.3) is 5.56 Å². The standard InChI is InChI=1S/C22H26N10O5/c1-29(2)13-18(33)23-12-19(34)30-7-9-31(10-8-30)20-15(3-4-16-25-27-28-26-16)21(35)32-6-5-14(22(36)37)11-17(32)24-20/h3-6,11H,7-10,12-13H2,1-2H3,(H,23,33)(H,36,37)(H,25,26,27,28). The fourth-order valence-electron chi connectivity index (χ4n) is 3.85. The van der Waals surface area contributed by atoms with Gasteiger partial charge in [-0.25, -0.2) is 9.78 Å². The molecule has 194 valence electrons. The summed E-state index contributed by atoms with van der Waals surface area (Å²) in [6.45, 7) is 1.55. The summed E-state index contributed by atoms with van der Waals surface area (Å²) in [6.07, 6.45) is 4.41. The molecule has 1 aliphatic rings. The first-order valence-corrected chi connectivity index (χ1v) is 11.4. The molecule has 37 heavy (non-hydrogen) atoms. The number of anilines is 1. The number of carboxylic acids is 1. The molecule has 2 amide bonds. The number of likely N-dealkylation sites (N-methyl/N-ethyl adjacent to an activating group) is 1. The maximum absolute atomic E-state index is 13.4. The van der Waals surface area contributed by atoms with Gasteiger partial charge in [0, 0.05) is 32.4 Å². The van der Waals surface area contributed by atoms with Crippen molar-refractivity contribution in [2.75, 3.05) is 58.3 Å². The maximum atomic E-state index is 13.4. The third kappa shape index (κ3) is 5.95. The van der Waals surface area contributed by atoms with Crippen LogP contribution in [0.5, 0.6) is 0 Å². The van der Waals surface area contributed by atoms with Crippen molar-refractivity contribution in [1.82, 2.24) is 45.1 Å². The van der Waals surface area contributed by atoms with Crippen molar-refractivity contribution in [3.05, 3.63) is 45.6 Å². The quantitative estimate of drug-likeness (QED) is 0.317. The molecular weight excluding hydrogens is 484 g/mol. The van der Waals surface area contributed by atoms with Gasteiger partial charge >= 0.3 is 5.97 Å². The Labute approximate surface area is 210 Å². The van der Waals surface area contributed by atoms with Crippen molar-refractivity contribution >= 4 is 41.4 Å². The topological polar surface area (TPSA) is 182 Å². The van der Waals surface area contributed by atoms with E-state index in [1.807, 2.05) is 4.90 Å². The average molecular weight is 511 g/mol. The number of H-pyrrole nitrogens is 1. The van der Waals surface area contributed by atoms with Crippen molar-refractivity contribution in [3.8, 4) is 0 Å². The van der Waals surface area contributed by atoms with Crippen molar-refractivity contribution in [1.29, 1.82) is 0 Å². The number of rotatable bonds is 8. The highest BCUT2D eigenvalue weighted by atomic mass is 16.4. The average Bonchev–Trinajstić information content (AvgIpc) is 3.39. The van der Waals surface area contributed by atoms with Crippen LogP contribution in [-0.2, 0) is 9.59 Å². The number of carbonyl (C=O) groups excluding carboxylic acids is 2. The Balaban J connectivity index is 1.57. The van der Waals surface area contributed by atoms with E-state index in [9.17, 15) is 24.3 Å². The predicted molar refractivity (Wildman–Crippen MR) is 132 cm³/mol. The number of aromatic amines is 1. The van der Waals surface area contributed by atoms with Crippen LogP contribution in [-0.4, -0.2) is 116 Å². The first-order valence-electron chi connectivity index (χ1n) is 11.4. The van der Waals surface area contributed by atoms with Crippen LogP contribution in [0.25, 0.3) is 17.8 Å². The lowest BCUT2D eigenvalue weighted by atomic mass is 10.2. The monoisotopic (exact) mass is 510 g/mol. The second kappa shape index (κ2) is 10.9. The van der Waals surface area contributed by atoms with Crippen LogP contribution in [0.3, 0.4) is 0 Å². The fourth-order valence-corrected chi connectivity index (χ4v) is 3.85. The highest BCUT2D eigenvalue weighted by Crippen LogP contribution is 2.21. The molecule has 1 saturated heterocycles. The highest BCUT2D eigenvalue weighted by Gasteiger charge is 2.25. The molecule has 1 aliphatic heterocycles. The molecule has 0 bridgehead atoms. The minimum Gasteiger partial charge on any atom is -0.478 e. The molecule has 0 aliphatic carbocycles. The smallest absolute Gasteiger partial charge is 0.335 e. The lowest BCUT2D eigenvalue weighted by Gasteiger charge is -2.36. The number of nitrogens with one attached hydrogen (secondary N) is 2. The van der Waals surface area contributed by atoms with Crippen LogP contribution in [0.1, 0.15) is 21.7 Å². The molecule has 0 atom stereocenters. The zero-order chi connectivity index (χ0) is 26.5. The first-order chi connectivity index (χ1) is 17.7. The second-order valence-corrected chi connectivity index (χ2v) is 8.59. The summed E-state index contributed by atoms with van der Waals surface area (Å²) in [5.74, 6) is -0.968. The molecule has 0 aromatic carbocycles.